The SMILES string of the molecule is Cc1ccc(C(=O)Cc2ccc(Cl)s2)cc1F. The van der Waals surface area contributed by atoms with Gasteiger partial charge in [0.25, 0.3) is 0 Å². The average molecular weight is 269 g/mol. The Morgan fingerprint density at radius 3 is 2.71 bits per heavy atom. The smallest absolute Gasteiger partial charge is 0.168 e. The molecule has 0 spiro atoms. The van der Waals surface area contributed by atoms with Crippen molar-refractivity contribution in [3.05, 3.63) is 56.5 Å². The second-order valence-corrected chi connectivity index (χ2v) is 5.57. The molecule has 1 aromatic carbocycles. The van der Waals surface area contributed by atoms with Crippen molar-refractivity contribution in [3.8, 4) is 0 Å². The molecule has 0 N–H and O–H groups in total. The molecular weight excluding hydrogens is 259 g/mol. The number of aryl methyl sites for hydroxylation is 1. The molecule has 1 heterocycles. The Labute approximate surface area is 108 Å². The van der Waals surface area contributed by atoms with E-state index < -0.39 is 0 Å². The summed E-state index contributed by atoms with van der Waals surface area (Å²) in [5.74, 6) is -0.442. The monoisotopic (exact) mass is 268 g/mol. The Balaban J connectivity index is 2.17. The van der Waals surface area contributed by atoms with E-state index in [1.807, 2.05) is 6.07 Å². The minimum absolute atomic E-state index is 0.0950. The van der Waals surface area contributed by atoms with Crippen molar-refractivity contribution >= 4 is 28.7 Å². The first-order valence-electron chi connectivity index (χ1n) is 5.10. The van der Waals surface area contributed by atoms with Crippen LogP contribution in [-0.4, -0.2) is 5.78 Å². The van der Waals surface area contributed by atoms with E-state index in [0.717, 1.165) is 4.88 Å². The molecule has 2 rings (SSSR count). The minimum atomic E-state index is -0.347. The van der Waals surface area contributed by atoms with E-state index in [0.29, 0.717) is 15.5 Å². The number of Topliss-reactive ketones (excluding diaryl/α,β-unsaturated/α-hetero) is 1. The molecule has 0 saturated carbocycles. The van der Waals surface area contributed by atoms with Gasteiger partial charge in [-0.2, -0.15) is 0 Å². The van der Waals surface area contributed by atoms with Gasteiger partial charge in [0, 0.05) is 16.9 Å². The Bertz CT molecular complexity index is 562. The number of benzene rings is 1. The van der Waals surface area contributed by atoms with Gasteiger partial charge >= 0.3 is 0 Å². The van der Waals surface area contributed by atoms with Gasteiger partial charge in [-0.3, -0.25) is 4.79 Å². The number of carbonyl (C=O) groups is 1. The maximum absolute atomic E-state index is 13.3. The predicted octanol–water partition coefficient (Wildman–Crippen LogP) is 4.27. The van der Waals surface area contributed by atoms with Gasteiger partial charge in [0.2, 0.25) is 0 Å². The van der Waals surface area contributed by atoms with E-state index in [4.69, 9.17) is 11.6 Å². The fraction of sp³-hybridized carbons (Fsp3) is 0.154. The summed E-state index contributed by atoms with van der Waals surface area (Å²) in [5, 5.41) is 0. The van der Waals surface area contributed by atoms with Crippen LogP contribution in [0, 0.1) is 12.7 Å². The molecule has 0 fully saturated rings. The topological polar surface area (TPSA) is 17.1 Å². The van der Waals surface area contributed by atoms with Gasteiger partial charge in [0.1, 0.15) is 5.82 Å². The number of carbonyl (C=O) groups excluding carboxylic acids is 1. The van der Waals surface area contributed by atoms with Crippen LogP contribution in [-0.2, 0) is 6.42 Å². The third-order valence-electron chi connectivity index (χ3n) is 2.46. The first kappa shape index (κ1) is 12.3. The molecular formula is C13H10ClFOS. The maximum atomic E-state index is 13.3. The van der Waals surface area contributed by atoms with Gasteiger partial charge in [0.05, 0.1) is 4.34 Å². The van der Waals surface area contributed by atoms with Crippen LogP contribution in [0.15, 0.2) is 30.3 Å². The van der Waals surface area contributed by atoms with Crippen LogP contribution in [0.25, 0.3) is 0 Å². The van der Waals surface area contributed by atoms with Crippen LogP contribution in [0.4, 0.5) is 4.39 Å². The van der Waals surface area contributed by atoms with E-state index in [1.54, 1.807) is 25.1 Å². The van der Waals surface area contributed by atoms with Crippen LogP contribution in [0.1, 0.15) is 20.8 Å². The van der Waals surface area contributed by atoms with Crippen molar-refractivity contribution in [2.75, 3.05) is 0 Å². The van der Waals surface area contributed by atoms with E-state index >= 15 is 0 Å². The Morgan fingerprint density at radius 2 is 2.12 bits per heavy atom. The number of ketones is 1. The van der Waals surface area contributed by atoms with Gasteiger partial charge in [-0.05, 0) is 30.7 Å². The van der Waals surface area contributed by atoms with Crippen molar-refractivity contribution < 1.29 is 9.18 Å². The summed E-state index contributed by atoms with van der Waals surface area (Å²) in [5.41, 5.74) is 0.943. The van der Waals surface area contributed by atoms with E-state index in [1.165, 1.54) is 17.4 Å². The summed E-state index contributed by atoms with van der Waals surface area (Å²) in [6.45, 7) is 1.67. The standard InChI is InChI=1S/C13H10ClFOS/c1-8-2-3-9(6-11(8)15)12(16)7-10-4-5-13(14)17-10/h2-6H,7H2,1H3. The highest BCUT2D eigenvalue weighted by molar-refractivity contribution is 7.16. The zero-order chi connectivity index (χ0) is 12.4. The number of hydrogen-bond donors (Lipinski definition) is 0. The second kappa shape index (κ2) is 4.98. The fourth-order valence-electron chi connectivity index (χ4n) is 1.47. The lowest BCUT2D eigenvalue weighted by atomic mass is 10.1. The van der Waals surface area contributed by atoms with Crippen molar-refractivity contribution in [2.24, 2.45) is 0 Å². The van der Waals surface area contributed by atoms with Crippen LogP contribution < -0.4 is 0 Å². The summed E-state index contributed by atoms with van der Waals surface area (Å²) in [7, 11) is 0. The van der Waals surface area contributed by atoms with Crippen molar-refractivity contribution in [2.45, 2.75) is 13.3 Å². The van der Waals surface area contributed by atoms with Crippen LogP contribution >= 0.6 is 22.9 Å². The molecule has 2 aromatic rings. The molecule has 88 valence electrons. The van der Waals surface area contributed by atoms with Crippen LogP contribution in [0.2, 0.25) is 4.34 Å². The lowest BCUT2D eigenvalue weighted by Crippen LogP contribution is -2.03. The molecule has 0 aliphatic heterocycles. The minimum Gasteiger partial charge on any atom is -0.294 e. The molecule has 1 nitrogen and oxygen atoms in total. The van der Waals surface area contributed by atoms with Crippen molar-refractivity contribution in [3.63, 3.8) is 0 Å². The van der Waals surface area contributed by atoms with Crippen molar-refractivity contribution in [1.29, 1.82) is 0 Å². The van der Waals surface area contributed by atoms with Crippen LogP contribution in [0.3, 0.4) is 0 Å². The zero-order valence-electron chi connectivity index (χ0n) is 9.17. The highest BCUT2D eigenvalue weighted by Gasteiger charge is 2.10. The van der Waals surface area contributed by atoms with E-state index in [-0.39, 0.29) is 18.0 Å². The molecule has 0 atom stereocenters. The predicted molar refractivity (Wildman–Crippen MR) is 68.5 cm³/mol. The van der Waals surface area contributed by atoms with Gasteiger partial charge in [0.15, 0.2) is 5.78 Å². The first-order chi connectivity index (χ1) is 8.06. The average Bonchev–Trinajstić information content (AvgIpc) is 2.68. The van der Waals surface area contributed by atoms with E-state index in [2.05, 4.69) is 0 Å². The highest BCUT2D eigenvalue weighted by Crippen LogP contribution is 2.23. The lowest BCUT2D eigenvalue weighted by molar-refractivity contribution is 0.0993. The Morgan fingerprint density at radius 1 is 1.35 bits per heavy atom. The highest BCUT2D eigenvalue weighted by atomic mass is 35.5. The summed E-state index contributed by atoms with van der Waals surface area (Å²) in [6.07, 6.45) is 0.264. The molecule has 0 saturated heterocycles. The quantitative estimate of drug-likeness (QED) is 0.760. The van der Waals surface area contributed by atoms with Crippen molar-refractivity contribution in [1.82, 2.24) is 0 Å². The summed E-state index contributed by atoms with van der Waals surface area (Å²) >= 11 is 7.15. The summed E-state index contributed by atoms with van der Waals surface area (Å²) in [6, 6.07) is 8.12. The fourth-order valence-corrected chi connectivity index (χ4v) is 2.56. The molecule has 0 aliphatic carbocycles. The molecule has 17 heavy (non-hydrogen) atoms. The third-order valence-corrected chi connectivity index (χ3v) is 3.69. The summed E-state index contributed by atoms with van der Waals surface area (Å²) < 4.78 is 14.0. The van der Waals surface area contributed by atoms with Gasteiger partial charge in [-0.25, -0.2) is 4.39 Å². The number of rotatable bonds is 3. The van der Waals surface area contributed by atoms with Crippen LogP contribution in [0.5, 0.6) is 0 Å². The molecule has 0 amide bonds. The third kappa shape index (κ3) is 2.93. The molecule has 0 unspecified atom stereocenters. The van der Waals surface area contributed by atoms with Gasteiger partial charge in [-0.1, -0.05) is 23.7 Å². The van der Waals surface area contributed by atoms with E-state index in [9.17, 15) is 9.18 Å². The normalized spacial score (nSPS) is 10.5. The number of halogens is 2. The Kier molecular flexibility index (Phi) is 3.60. The molecule has 0 radical (unpaired) electrons. The molecule has 0 bridgehead atoms. The molecule has 4 heteroatoms. The second-order valence-electron chi connectivity index (χ2n) is 3.77. The zero-order valence-corrected chi connectivity index (χ0v) is 10.7. The lowest BCUT2D eigenvalue weighted by Gasteiger charge is -2.01. The van der Waals surface area contributed by atoms with Gasteiger partial charge in [-0.15, -0.1) is 11.3 Å². The number of thiophene rings is 1. The van der Waals surface area contributed by atoms with Gasteiger partial charge < -0.3 is 0 Å². The maximum Gasteiger partial charge on any atom is 0.168 e. The Hall–Kier alpha value is -1.19. The molecule has 0 aliphatic rings. The number of hydrogen-bond acceptors (Lipinski definition) is 2. The first-order valence-corrected chi connectivity index (χ1v) is 6.29. The summed E-state index contributed by atoms with van der Waals surface area (Å²) in [4.78, 5) is 12.8. The largest absolute Gasteiger partial charge is 0.294 e. The molecule has 1 aromatic heterocycles.